The molecule has 0 amide bonds. The summed E-state index contributed by atoms with van der Waals surface area (Å²) in [6, 6.07) is 9.44. The molecule has 17 heavy (non-hydrogen) atoms. The van der Waals surface area contributed by atoms with Gasteiger partial charge in [-0.15, -0.1) is 0 Å². The number of nitrogens with zero attached hydrogens (tertiary/aromatic N) is 1. The van der Waals surface area contributed by atoms with E-state index in [0.29, 0.717) is 5.02 Å². The Bertz CT molecular complexity index is 860. The van der Waals surface area contributed by atoms with E-state index in [1.807, 2.05) is 30.3 Å². The molecule has 0 bridgehead atoms. The first-order chi connectivity index (χ1) is 8.31. The molecule has 0 radical (unpaired) electrons. The SMILES string of the molecule is Clc1ccc2c(c1)oc1cc3ocnc3cc12. The minimum absolute atomic E-state index is 0.665. The predicted molar refractivity (Wildman–Crippen MR) is 66.3 cm³/mol. The molecule has 0 aliphatic heterocycles. The van der Waals surface area contributed by atoms with Gasteiger partial charge < -0.3 is 8.83 Å². The van der Waals surface area contributed by atoms with Crippen LogP contribution in [-0.4, -0.2) is 4.98 Å². The molecular formula is C13H6ClNO2. The van der Waals surface area contributed by atoms with Gasteiger partial charge in [0.15, 0.2) is 12.0 Å². The molecule has 0 saturated heterocycles. The molecule has 4 heteroatoms. The van der Waals surface area contributed by atoms with Crippen molar-refractivity contribution >= 4 is 44.6 Å². The van der Waals surface area contributed by atoms with E-state index in [0.717, 1.165) is 33.0 Å². The summed E-state index contributed by atoms with van der Waals surface area (Å²) in [4.78, 5) is 4.14. The van der Waals surface area contributed by atoms with Crippen LogP contribution in [0.2, 0.25) is 5.02 Å². The van der Waals surface area contributed by atoms with Gasteiger partial charge in [0.25, 0.3) is 0 Å². The normalized spacial score (nSPS) is 11.8. The van der Waals surface area contributed by atoms with E-state index in [9.17, 15) is 0 Å². The lowest BCUT2D eigenvalue weighted by atomic mass is 10.1. The summed E-state index contributed by atoms with van der Waals surface area (Å²) in [7, 11) is 0. The first-order valence-corrected chi connectivity index (χ1v) is 5.54. The zero-order chi connectivity index (χ0) is 11.4. The van der Waals surface area contributed by atoms with Crippen LogP contribution in [0.4, 0.5) is 0 Å². The summed E-state index contributed by atoms with van der Waals surface area (Å²) < 4.78 is 11.0. The van der Waals surface area contributed by atoms with Gasteiger partial charge in [-0.1, -0.05) is 11.6 Å². The van der Waals surface area contributed by atoms with Gasteiger partial charge >= 0.3 is 0 Å². The van der Waals surface area contributed by atoms with Crippen molar-refractivity contribution in [3.8, 4) is 0 Å². The van der Waals surface area contributed by atoms with Gasteiger partial charge in [0.05, 0.1) is 0 Å². The van der Waals surface area contributed by atoms with Crippen molar-refractivity contribution in [1.82, 2.24) is 4.98 Å². The second kappa shape index (κ2) is 3.02. The Kier molecular flexibility index (Phi) is 1.61. The van der Waals surface area contributed by atoms with Crippen molar-refractivity contribution in [2.45, 2.75) is 0 Å². The highest BCUT2D eigenvalue weighted by Crippen LogP contribution is 2.32. The molecule has 0 aliphatic carbocycles. The Labute approximate surface area is 101 Å². The molecule has 0 saturated carbocycles. The Morgan fingerprint density at radius 2 is 1.82 bits per heavy atom. The monoisotopic (exact) mass is 243 g/mol. The van der Waals surface area contributed by atoms with Gasteiger partial charge in [0.2, 0.25) is 0 Å². The zero-order valence-corrected chi connectivity index (χ0v) is 9.36. The molecule has 2 aromatic heterocycles. The average Bonchev–Trinajstić information content (AvgIpc) is 2.87. The topological polar surface area (TPSA) is 39.2 Å². The molecule has 0 unspecified atom stereocenters. The maximum atomic E-state index is 5.94. The Hall–Kier alpha value is -2.00. The van der Waals surface area contributed by atoms with Crippen LogP contribution in [-0.2, 0) is 0 Å². The summed E-state index contributed by atoms with van der Waals surface area (Å²) in [6.45, 7) is 0. The molecular weight excluding hydrogens is 238 g/mol. The van der Waals surface area contributed by atoms with Crippen molar-refractivity contribution in [2.75, 3.05) is 0 Å². The number of hydrogen-bond donors (Lipinski definition) is 0. The molecule has 82 valence electrons. The lowest BCUT2D eigenvalue weighted by Crippen LogP contribution is -1.69. The second-order valence-electron chi connectivity index (χ2n) is 3.91. The molecule has 0 spiro atoms. The molecule has 4 rings (SSSR count). The van der Waals surface area contributed by atoms with Crippen molar-refractivity contribution in [3.63, 3.8) is 0 Å². The number of oxazole rings is 1. The zero-order valence-electron chi connectivity index (χ0n) is 8.61. The lowest BCUT2D eigenvalue weighted by molar-refractivity contribution is 0.600. The van der Waals surface area contributed by atoms with E-state index >= 15 is 0 Å². The fourth-order valence-corrected chi connectivity index (χ4v) is 2.26. The van der Waals surface area contributed by atoms with Crippen LogP contribution < -0.4 is 0 Å². The number of halogens is 1. The van der Waals surface area contributed by atoms with Crippen molar-refractivity contribution in [3.05, 3.63) is 41.7 Å². The first-order valence-electron chi connectivity index (χ1n) is 5.16. The third-order valence-corrected chi connectivity index (χ3v) is 3.12. The number of furan rings is 1. The van der Waals surface area contributed by atoms with Gasteiger partial charge in [-0.25, -0.2) is 4.98 Å². The van der Waals surface area contributed by atoms with Crippen LogP contribution >= 0.6 is 11.6 Å². The van der Waals surface area contributed by atoms with Gasteiger partial charge in [0, 0.05) is 27.9 Å². The van der Waals surface area contributed by atoms with Crippen LogP contribution in [0.1, 0.15) is 0 Å². The Morgan fingerprint density at radius 1 is 0.941 bits per heavy atom. The summed E-state index contributed by atoms with van der Waals surface area (Å²) in [6.07, 6.45) is 1.43. The average molecular weight is 244 g/mol. The number of rotatable bonds is 0. The predicted octanol–water partition coefficient (Wildman–Crippen LogP) is 4.38. The first kappa shape index (κ1) is 9.07. The highest BCUT2D eigenvalue weighted by atomic mass is 35.5. The summed E-state index contributed by atoms with van der Waals surface area (Å²) in [5.41, 5.74) is 3.12. The van der Waals surface area contributed by atoms with E-state index in [-0.39, 0.29) is 0 Å². The molecule has 0 fully saturated rings. The van der Waals surface area contributed by atoms with Crippen molar-refractivity contribution < 1.29 is 8.83 Å². The maximum absolute atomic E-state index is 5.94. The van der Waals surface area contributed by atoms with Gasteiger partial charge in [-0.05, 0) is 18.2 Å². The number of hydrogen-bond acceptors (Lipinski definition) is 3. The van der Waals surface area contributed by atoms with E-state index in [1.54, 1.807) is 0 Å². The summed E-state index contributed by atoms with van der Waals surface area (Å²) >= 11 is 5.94. The Balaban J connectivity index is 2.26. The second-order valence-corrected chi connectivity index (χ2v) is 4.35. The highest BCUT2D eigenvalue weighted by molar-refractivity contribution is 6.31. The lowest BCUT2D eigenvalue weighted by Gasteiger charge is -1.89. The summed E-state index contributed by atoms with van der Waals surface area (Å²) in [5, 5.41) is 2.73. The van der Waals surface area contributed by atoms with Gasteiger partial charge in [-0.3, -0.25) is 0 Å². The van der Waals surface area contributed by atoms with Crippen LogP contribution in [0.3, 0.4) is 0 Å². The minimum Gasteiger partial charge on any atom is -0.456 e. The van der Waals surface area contributed by atoms with Crippen LogP contribution in [0.15, 0.2) is 45.6 Å². The van der Waals surface area contributed by atoms with Crippen LogP contribution in [0.5, 0.6) is 0 Å². The van der Waals surface area contributed by atoms with E-state index in [1.165, 1.54) is 6.39 Å². The van der Waals surface area contributed by atoms with Gasteiger partial charge in [-0.2, -0.15) is 0 Å². The van der Waals surface area contributed by atoms with Crippen LogP contribution in [0.25, 0.3) is 33.0 Å². The smallest absolute Gasteiger partial charge is 0.181 e. The standard InChI is InChI=1S/C13H6ClNO2/c14-7-1-2-8-9-4-10-13(16-6-15-10)5-12(9)17-11(8)3-7/h1-6H. The van der Waals surface area contributed by atoms with E-state index < -0.39 is 0 Å². The van der Waals surface area contributed by atoms with Crippen molar-refractivity contribution in [2.24, 2.45) is 0 Å². The molecule has 0 aliphatic rings. The van der Waals surface area contributed by atoms with Crippen molar-refractivity contribution in [1.29, 1.82) is 0 Å². The van der Waals surface area contributed by atoms with E-state index in [4.69, 9.17) is 20.4 Å². The molecule has 0 atom stereocenters. The maximum Gasteiger partial charge on any atom is 0.181 e. The Morgan fingerprint density at radius 3 is 2.76 bits per heavy atom. The minimum atomic E-state index is 0.665. The number of aromatic nitrogens is 1. The molecule has 0 N–H and O–H groups in total. The number of fused-ring (bicyclic) bond motifs is 4. The highest BCUT2D eigenvalue weighted by Gasteiger charge is 2.10. The molecule has 3 nitrogen and oxygen atoms in total. The third kappa shape index (κ3) is 1.20. The fraction of sp³-hybridized carbons (Fsp3) is 0. The van der Waals surface area contributed by atoms with E-state index in [2.05, 4.69) is 4.98 Å². The third-order valence-electron chi connectivity index (χ3n) is 2.89. The summed E-state index contributed by atoms with van der Waals surface area (Å²) in [5.74, 6) is 0. The molecule has 2 heterocycles. The largest absolute Gasteiger partial charge is 0.456 e. The fourth-order valence-electron chi connectivity index (χ4n) is 2.10. The van der Waals surface area contributed by atoms with Crippen LogP contribution in [0, 0.1) is 0 Å². The quantitative estimate of drug-likeness (QED) is 0.460. The molecule has 2 aromatic carbocycles. The van der Waals surface area contributed by atoms with Gasteiger partial charge in [0.1, 0.15) is 16.7 Å². The number of benzene rings is 2. The molecule has 4 aromatic rings.